The van der Waals surface area contributed by atoms with Gasteiger partial charge < -0.3 is 10.1 Å². The summed E-state index contributed by atoms with van der Waals surface area (Å²) in [5, 5.41) is 4.00. The Bertz CT molecular complexity index is 646. The van der Waals surface area contributed by atoms with E-state index in [0.717, 1.165) is 12.1 Å². The van der Waals surface area contributed by atoms with Gasteiger partial charge in [0.1, 0.15) is 11.6 Å². The third kappa shape index (κ3) is 3.67. The first-order valence-electron chi connectivity index (χ1n) is 6.59. The van der Waals surface area contributed by atoms with Crippen molar-refractivity contribution in [2.24, 2.45) is 0 Å². The Balaban J connectivity index is 2.48. The lowest BCUT2D eigenvalue weighted by Crippen LogP contribution is -2.11. The molecule has 21 heavy (non-hydrogen) atoms. The zero-order valence-electron chi connectivity index (χ0n) is 11.8. The molecule has 0 aliphatic carbocycles. The molecular formula is C16H16Cl2FNO. The molecule has 0 unspecified atom stereocenters. The van der Waals surface area contributed by atoms with Crippen LogP contribution in [0.3, 0.4) is 0 Å². The van der Waals surface area contributed by atoms with Crippen molar-refractivity contribution in [1.82, 2.24) is 5.32 Å². The fraction of sp³-hybridized carbons (Fsp3) is 0.250. The predicted molar refractivity (Wildman–Crippen MR) is 85.8 cm³/mol. The second-order valence-electron chi connectivity index (χ2n) is 4.56. The van der Waals surface area contributed by atoms with E-state index in [-0.39, 0.29) is 5.82 Å². The minimum atomic E-state index is -0.335. The standard InChI is InChI=1S/C16H16Cl2FNO/c1-3-20-9-10-4-5-15(19)12(6-10)11-7-14(18)16(21-2)8-13(11)17/h4-8,20H,3,9H2,1-2H3. The molecule has 0 saturated heterocycles. The summed E-state index contributed by atoms with van der Waals surface area (Å²) in [5.41, 5.74) is 1.97. The van der Waals surface area contributed by atoms with Crippen LogP contribution in [-0.4, -0.2) is 13.7 Å². The van der Waals surface area contributed by atoms with Gasteiger partial charge in [-0.15, -0.1) is 0 Å². The maximum Gasteiger partial charge on any atom is 0.138 e. The summed E-state index contributed by atoms with van der Waals surface area (Å²) in [4.78, 5) is 0. The minimum absolute atomic E-state index is 0.335. The van der Waals surface area contributed by atoms with Gasteiger partial charge in [-0.1, -0.05) is 36.2 Å². The van der Waals surface area contributed by atoms with Crippen LogP contribution in [0.4, 0.5) is 4.39 Å². The molecule has 0 aliphatic heterocycles. The Morgan fingerprint density at radius 2 is 1.86 bits per heavy atom. The largest absolute Gasteiger partial charge is 0.495 e. The van der Waals surface area contributed by atoms with Crippen molar-refractivity contribution < 1.29 is 9.13 Å². The van der Waals surface area contributed by atoms with E-state index in [9.17, 15) is 4.39 Å². The van der Waals surface area contributed by atoms with Crippen molar-refractivity contribution in [3.05, 3.63) is 51.8 Å². The molecule has 112 valence electrons. The second-order valence-corrected chi connectivity index (χ2v) is 5.38. The molecule has 0 aliphatic rings. The van der Waals surface area contributed by atoms with E-state index in [4.69, 9.17) is 27.9 Å². The first kappa shape index (κ1) is 16.1. The lowest BCUT2D eigenvalue weighted by atomic mass is 10.0. The molecule has 5 heteroatoms. The number of benzene rings is 2. The molecule has 1 N–H and O–H groups in total. The van der Waals surface area contributed by atoms with E-state index in [0.29, 0.717) is 33.5 Å². The van der Waals surface area contributed by atoms with Crippen LogP contribution in [-0.2, 0) is 6.54 Å². The van der Waals surface area contributed by atoms with Gasteiger partial charge in [-0.3, -0.25) is 0 Å². The monoisotopic (exact) mass is 327 g/mol. The van der Waals surface area contributed by atoms with Gasteiger partial charge in [-0.25, -0.2) is 4.39 Å². The molecule has 0 spiro atoms. The van der Waals surface area contributed by atoms with Crippen LogP contribution in [0, 0.1) is 5.82 Å². The molecule has 0 saturated carbocycles. The maximum absolute atomic E-state index is 14.1. The van der Waals surface area contributed by atoms with Crippen molar-refractivity contribution in [3.63, 3.8) is 0 Å². The molecule has 0 bridgehead atoms. The summed E-state index contributed by atoms with van der Waals surface area (Å²) in [6, 6.07) is 8.19. The lowest BCUT2D eigenvalue weighted by molar-refractivity contribution is 0.415. The van der Waals surface area contributed by atoms with Gasteiger partial charge >= 0.3 is 0 Å². The third-order valence-corrected chi connectivity index (χ3v) is 3.75. The van der Waals surface area contributed by atoms with Crippen LogP contribution in [0.1, 0.15) is 12.5 Å². The zero-order chi connectivity index (χ0) is 15.4. The highest BCUT2D eigenvalue weighted by Gasteiger charge is 2.13. The number of hydrogen-bond acceptors (Lipinski definition) is 2. The molecule has 0 amide bonds. The van der Waals surface area contributed by atoms with E-state index < -0.39 is 0 Å². The van der Waals surface area contributed by atoms with E-state index in [1.165, 1.54) is 13.2 Å². The van der Waals surface area contributed by atoms with Crippen LogP contribution < -0.4 is 10.1 Å². The van der Waals surface area contributed by atoms with Gasteiger partial charge in [-0.05, 0) is 30.3 Å². The van der Waals surface area contributed by atoms with E-state index in [2.05, 4.69) is 5.32 Å². The Morgan fingerprint density at radius 1 is 1.10 bits per heavy atom. The van der Waals surface area contributed by atoms with Crippen LogP contribution in [0.5, 0.6) is 5.75 Å². The molecule has 0 atom stereocenters. The topological polar surface area (TPSA) is 21.3 Å². The molecule has 0 aromatic heterocycles. The normalized spacial score (nSPS) is 10.7. The zero-order valence-corrected chi connectivity index (χ0v) is 13.4. The van der Waals surface area contributed by atoms with Gasteiger partial charge in [0.15, 0.2) is 0 Å². The Kier molecular flexibility index (Phi) is 5.45. The van der Waals surface area contributed by atoms with Crippen LogP contribution in [0.2, 0.25) is 10.0 Å². The molecule has 0 radical (unpaired) electrons. The summed E-state index contributed by atoms with van der Waals surface area (Å²) >= 11 is 12.3. The van der Waals surface area contributed by atoms with E-state index >= 15 is 0 Å². The highest BCUT2D eigenvalue weighted by molar-refractivity contribution is 6.36. The van der Waals surface area contributed by atoms with Gasteiger partial charge in [0.2, 0.25) is 0 Å². The summed E-state index contributed by atoms with van der Waals surface area (Å²) < 4.78 is 19.2. The fourth-order valence-electron chi connectivity index (χ4n) is 2.05. The highest BCUT2D eigenvalue weighted by atomic mass is 35.5. The quantitative estimate of drug-likeness (QED) is 0.841. The third-order valence-electron chi connectivity index (χ3n) is 3.14. The van der Waals surface area contributed by atoms with E-state index in [1.807, 2.05) is 6.92 Å². The predicted octanol–water partition coefficient (Wildman–Crippen LogP) is 4.92. The first-order chi connectivity index (χ1) is 10.1. The Hall–Kier alpha value is -1.29. The number of ether oxygens (including phenoxy) is 1. The van der Waals surface area contributed by atoms with Crippen molar-refractivity contribution in [3.8, 4) is 16.9 Å². The van der Waals surface area contributed by atoms with Crippen LogP contribution in [0.25, 0.3) is 11.1 Å². The van der Waals surface area contributed by atoms with Crippen molar-refractivity contribution in [1.29, 1.82) is 0 Å². The van der Waals surface area contributed by atoms with Gasteiger partial charge in [0.05, 0.1) is 17.2 Å². The van der Waals surface area contributed by atoms with Crippen LogP contribution >= 0.6 is 23.2 Å². The average molecular weight is 328 g/mol. The smallest absolute Gasteiger partial charge is 0.138 e. The van der Waals surface area contributed by atoms with Gasteiger partial charge in [-0.2, -0.15) is 0 Å². The maximum atomic E-state index is 14.1. The Labute approximate surface area is 133 Å². The summed E-state index contributed by atoms with van der Waals surface area (Å²) in [7, 11) is 1.51. The first-order valence-corrected chi connectivity index (χ1v) is 7.35. The molecule has 2 nitrogen and oxygen atoms in total. The number of rotatable bonds is 5. The molecule has 2 aromatic rings. The number of methoxy groups -OCH3 is 1. The average Bonchev–Trinajstić information content (AvgIpc) is 2.48. The number of halogens is 3. The van der Waals surface area contributed by atoms with Crippen molar-refractivity contribution in [2.75, 3.05) is 13.7 Å². The minimum Gasteiger partial charge on any atom is -0.495 e. The van der Waals surface area contributed by atoms with Crippen LogP contribution in [0.15, 0.2) is 30.3 Å². The molecule has 0 fully saturated rings. The molecule has 0 heterocycles. The molecule has 2 rings (SSSR count). The van der Waals surface area contributed by atoms with Crippen molar-refractivity contribution >= 4 is 23.2 Å². The summed E-state index contributed by atoms with van der Waals surface area (Å²) in [6.07, 6.45) is 0. The molecule has 2 aromatic carbocycles. The summed E-state index contributed by atoms with van der Waals surface area (Å²) in [6.45, 7) is 3.54. The SMILES string of the molecule is CCNCc1ccc(F)c(-c2cc(Cl)c(OC)cc2Cl)c1. The second kappa shape index (κ2) is 7.12. The highest BCUT2D eigenvalue weighted by Crippen LogP contribution is 2.37. The fourth-order valence-corrected chi connectivity index (χ4v) is 2.55. The number of nitrogens with one attached hydrogen (secondary N) is 1. The number of hydrogen-bond donors (Lipinski definition) is 1. The van der Waals surface area contributed by atoms with E-state index in [1.54, 1.807) is 24.3 Å². The lowest BCUT2D eigenvalue weighted by Gasteiger charge is -2.12. The van der Waals surface area contributed by atoms with Crippen molar-refractivity contribution in [2.45, 2.75) is 13.5 Å². The van der Waals surface area contributed by atoms with Gasteiger partial charge in [0, 0.05) is 23.7 Å². The Morgan fingerprint density at radius 3 is 2.52 bits per heavy atom. The molecular weight excluding hydrogens is 312 g/mol. The van der Waals surface area contributed by atoms with Gasteiger partial charge in [0.25, 0.3) is 0 Å². The summed E-state index contributed by atoms with van der Waals surface area (Å²) in [5.74, 6) is 0.132.